The summed E-state index contributed by atoms with van der Waals surface area (Å²) in [5.74, 6) is -0.465. The molecule has 0 saturated carbocycles. The van der Waals surface area contributed by atoms with E-state index < -0.39 is 5.91 Å². The fourth-order valence-corrected chi connectivity index (χ4v) is 2.78. The minimum absolute atomic E-state index is 0.144. The van der Waals surface area contributed by atoms with Crippen LogP contribution in [0.4, 0.5) is 5.69 Å². The molecule has 0 saturated heterocycles. The van der Waals surface area contributed by atoms with Gasteiger partial charge in [-0.25, -0.2) is 0 Å². The second kappa shape index (κ2) is 5.82. The molecular formula is C17H20N2OS. The molecule has 0 aliphatic rings. The number of hydrogen-bond acceptors (Lipinski definition) is 3. The highest BCUT2D eigenvalue weighted by atomic mass is 32.2. The van der Waals surface area contributed by atoms with Gasteiger partial charge in [-0.05, 0) is 41.3 Å². The number of rotatable bonds is 3. The van der Waals surface area contributed by atoms with E-state index in [4.69, 9.17) is 11.5 Å². The van der Waals surface area contributed by atoms with Gasteiger partial charge >= 0.3 is 0 Å². The number of amides is 1. The molecule has 4 N–H and O–H groups in total. The molecule has 0 aliphatic carbocycles. The van der Waals surface area contributed by atoms with Gasteiger partial charge in [0, 0.05) is 21.0 Å². The molecule has 0 heterocycles. The largest absolute Gasteiger partial charge is 0.398 e. The van der Waals surface area contributed by atoms with E-state index in [9.17, 15) is 4.79 Å². The van der Waals surface area contributed by atoms with Gasteiger partial charge in [0.1, 0.15) is 0 Å². The van der Waals surface area contributed by atoms with Crippen LogP contribution in [0.25, 0.3) is 0 Å². The molecule has 0 fully saturated rings. The lowest BCUT2D eigenvalue weighted by Gasteiger charge is -2.19. The Balaban J connectivity index is 2.20. The predicted molar refractivity (Wildman–Crippen MR) is 88.6 cm³/mol. The Labute approximate surface area is 129 Å². The summed E-state index contributed by atoms with van der Waals surface area (Å²) < 4.78 is 0. The molecule has 2 aromatic rings. The minimum Gasteiger partial charge on any atom is -0.398 e. The molecule has 0 aliphatic heterocycles. The first-order valence-corrected chi connectivity index (χ1v) is 7.57. The summed E-state index contributed by atoms with van der Waals surface area (Å²) in [6, 6.07) is 13.6. The Hall–Kier alpha value is -1.94. The zero-order valence-electron chi connectivity index (χ0n) is 12.5. The summed E-state index contributed by atoms with van der Waals surface area (Å²) in [6.45, 7) is 6.57. The standard InChI is InChI=1S/C17H20N2OS/c1-17(2,3)12-5-7-13(8-6-12)21-15-9-4-11(16(19)20)10-14(15)18/h4-10H,18H2,1-3H3,(H2,19,20). The van der Waals surface area contributed by atoms with Gasteiger partial charge in [-0.3, -0.25) is 4.79 Å². The average molecular weight is 300 g/mol. The molecular weight excluding hydrogens is 280 g/mol. The van der Waals surface area contributed by atoms with Crippen LogP contribution in [0.3, 0.4) is 0 Å². The number of carbonyl (C=O) groups is 1. The third-order valence-electron chi connectivity index (χ3n) is 3.24. The average Bonchev–Trinajstić information content (AvgIpc) is 2.40. The quantitative estimate of drug-likeness (QED) is 0.847. The van der Waals surface area contributed by atoms with E-state index in [0.717, 1.165) is 9.79 Å². The van der Waals surface area contributed by atoms with Crippen LogP contribution >= 0.6 is 11.8 Å². The lowest BCUT2D eigenvalue weighted by molar-refractivity contribution is 0.100. The van der Waals surface area contributed by atoms with Crippen molar-refractivity contribution < 1.29 is 4.79 Å². The summed E-state index contributed by atoms with van der Waals surface area (Å²) >= 11 is 1.58. The van der Waals surface area contributed by atoms with Gasteiger partial charge in [-0.2, -0.15) is 0 Å². The summed E-state index contributed by atoms with van der Waals surface area (Å²) in [4.78, 5) is 13.1. The van der Waals surface area contributed by atoms with Gasteiger partial charge in [0.15, 0.2) is 0 Å². The summed E-state index contributed by atoms with van der Waals surface area (Å²) in [5.41, 5.74) is 13.7. The predicted octanol–water partition coefficient (Wildman–Crippen LogP) is 3.82. The third-order valence-corrected chi connectivity index (χ3v) is 4.34. The number of anilines is 1. The number of primary amides is 1. The van der Waals surface area contributed by atoms with Crippen molar-refractivity contribution in [1.82, 2.24) is 0 Å². The molecule has 2 aromatic carbocycles. The highest BCUT2D eigenvalue weighted by molar-refractivity contribution is 7.99. The van der Waals surface area contributed by atoms with E-state index in [-0.39, 0.29) is 5.41 Å². The minimum atomic E-state index is -0.465. The van der Waals surface area contributed by atoms with E-state index >= 15 is 0 Å². The van der Waals surface area contributed by atoms with E-state index in [1.165, 1.54) is 5.56 Å². The zero-order valence-corrected chi connectivity index (χ0v) is 13.3. The molecule has 0 aromatic heterocycles. The Morgan fingerprint density at radius 1 is 1.05 bits per heavy atom. The molecule has 2 rings (SSSR count). The lowest BCUT2D eigenvalue weighted by atomic mass is 9.87. The normalized spacial score (nSPS) is 11.4. The van der Waals surface area contributed by atoms with Crippen LogP contribution in [0.2, 0.25) is 0 Å². The van der Waals surface area contributed by atoms with Crippen molar-refractivity contribution in [2.45, 2.75) is 36.0 Å². The third kappa shape index (κ3) is 3.79. The molecule has 0 bridgehead atoms. The Morgan fingerprint density at radius 2 is 1.67 bits per heavy atom. The van der Waals surface area contributed by atoms with Gasteiger partial charge in [-0.15, -0.1) is 0 Å². The van der Waals surface area contributed by atoms with Gasteiger partial charge in [-0.1, -0.05) is 44.7 Å². The molecule has 0 atom stereocenters. The van der Waals surface area contributed by atoms with Gasteiger partial charge < -0.3 is 11.5 Å². The van der Waals surface area contributed by atoms with Crippen molar-refractivity contribution in [2.75, 3.05) is 5.73 Å². The molecule has 1 amide bonds. The van der Waals surface area contributed by atoms with Gasteiger partial charge in [0.2, 0.25) is 5.91 Å². The first-order valence-electron chi connectivity index (χ1n) is 6.75. The van der Waals surface area contributed by atoms with Crippen LogP contribution in [0.5, 0.6) is 0 Å². The number of nitrogen functional groups attached to an aromatic ring is 1. The highest BCUT2D eigenvalue weighted by Gasteiger charge is 2.13. The fraction of sp³-hybridized carbons (Fsp3) is 0.235. The molecule has 4 heteroatoms. The highest BCUT2D eigenvalue weighted by Crippen LogP contribution is 2.33. The summed E-state index contributed by atoms with van der Waals surface area (Å²) in [6.07, 6.45) is 0. The van der Waals surface area contributed by atoms with Crippen molar-refractivity contribution in [1.29, 1.82) is 0 Å². The van der Waals surface area contributed by atoms with Crippen LogP contribution in [0.1, 0.15) is 36.7 Å². The molecule has 0 radical (unpaired) electrons. The van der Waals surface area contributed by atoms with E-state index in [1.807, 2.05) is 6.07 Å². The van der Waals surface area contributed by atoms with Crippen molar-refractivity contribution in [3.8, 4) is 0 Å². The van der Waals surface area contributed by atoms with Crippen LogP contribution in [0, 0.1) is 0 Å². The molecule has 110 valence electrons. The number of hydrogen-bond donors (Lipinski definition) is 2. The Bertz CT molecular complexity index is 657. The number of benzene rings is 2. The number of nitrogens with two attached hydrogens (primary N) is 2. The van der Waals surface area contributed by atoms with Gasteiger partial charge in [0.25, 0.3) is 0 Å². The van der Waals surface area contributed by atoms with Crippen LogP contribution < -0.4 is 11.5 Å². The second-order valence-electron chi connectivity index (χ2n) is 5.99. The van der Waals surface area contributed by atoms with Crippen molar-refractivity contribution in [3.63, 3.8) is 0 Å². The number of carbonyl (C=O) groups excluding carboxylic acids is 1. The first-order chi connectivity index (χ1) is 9.77. The van der Waals surface area contributed by atoms with Crippen LogP contribution in [-0.2, 0) is 5.41 Å². The maximum Gasteiger partial charge on any atom is 0.248 e. The maximum absolute atomic E-state index is 11.1. The van der Waals surface area contributed by atoms with Crippen molar-refractivity contribution in [3.05, 3.63) is 53.6 Å². The topological polar surface area (TPSA) is 69.1 Å². The first kappa shape index (κ1) is 15.4. The SMILES string of the molecule is CC(C)(C)c1ccc(Sc2ccc(C(N)=O)cc2N)cc1. The van der Waals surface area contributed by atoms with Crippen molar-refractivity contribution >= 4 is 23.4 Å². The molecule has 0 spiro atoms. The van der Waals surface area contributed by atoms with E-state index in [1.54, 1.807) is 23.9 Å². The van der Waals surface area contributed by atoms with Gasteiger partial charge in [0.05, 0.1) is 0 Å². The smallest absolute Gasteiger partial charge is 0.248 e. The van der Waals surface area contributed by atoms with Crippen LogP contribution in [0.15, 0.2) is 52.3 Å². The zero-order chi connectivity index (χ0) is 15.6. The fourth-order valence-electron chi connectivity index (χ4n) is 1.94. The monoisotopic (exact) mass is 300 g/mol. The Kier molecular flexibility index (Phi) is 4.28. The van der Waals surface area contributed by atoms with Crippen molar-refractivity contribution in [2.24, 2.45) is 5.73 Å². The van der Waals surface area contributed by atoms with E-state index in [0.29, 0.717) is 11.3 Å². The molecule has 3 nitrogen and oxygen atoms in total. The molecule has 0 unspecified atom stereocenters. The summed E-state index contributed by atoms with van der Waals surface area (Å²) in [7, 11) is 0. The second-order valence-corrected chi connectivity index (χ2v) is 7.11. The lowest BCUT2D eigenvalue weighted by Crippen LogP contribution is -2.11. The molecule has 21 heavy (non-hydrogen) atoms. The maximum atomic E-state index is 11.1. The summed E-state index contributed by atoms with van der Waals surface area (Å²) in [5, 5.41) is 0. The van der Waals surface area contributed by atoms with E-state index in [2.05, 4.69) is 45.0 Å². The van der Waals surface area contributed by atoms with Crippen LogP contribution in [-0.4, -0.2) is 5.91 Å². The Morgan fingerprint density at radius 3 is 2.14 bits per heavy atom.